The minimum atomic E-state index is -0.162. The van der Waals surface area contributed by atoms with E-state index in [1.165, 1.54) is 11.1 Å². The van der Waals surface area contributed by atoms with Gasteiger partial charge in [0, 0.05) is 19.5 Å². The van der Waals surface area contributed by atoms with E-state index in [9.17, 15) is 9.18 Å². The molecule has 0 atom stereocenters. The van der Waals surface area contributed by atoms with Crippen LogP contribution in [0.3, 0.4) is 0 Å². The molecule has 0 N–H and O–H groups in total. The van der Waals surface area contributed by atoms with E-state index >= 15 is 0 Å². The van der Waals surface area contributed by atoms with Crippen molar-refractivity contribution >= 4 is 11.7 Å². The fourth-order valence-electron chi connectivity index (χ4n) is 3.52. The van der Waals surface area contributed by atoms with E-state index in [0.717, 1.165) is 30.5 Å². The number of fused-ring (bicyclic) bond motifs is 1. The van der Waals surface area contributed by atoms with Gasteiger partial charge in [-0.1, -0.05) is 24.3 Å². The maximum atomic E-state index is 14.3. The van der Waals surface area contributed by atoms with Crippen molar-refractivity contribution in [1.29, 1.82) is 0 Å². The van der Waals surface area contributed by atoms with Gasteiger partial charge in [-0.25, -0.2) is 4.39 Å². The van der Waals surface area contributed by atoms with E-state index in [2.05, 4.69) is 23.1 Å². The second-order valence-corrected chi connectivity index (χ2v) is 6.89. The number of esters is 1. The highest BCUT2D eigenvalue weighted by Crippen LogP contribution is 2.27. The summed E-state index contributed by atoms with van der Waals surface area (Å²) in [7, 11) is 0. The monoisotopic (exact) mass is 355 g/mol. The van der Waals surface area contributed by atoms with E-state index in [1.807, 2.05) is 19.9 Å². The van der Waals surface area contributed by atoms with Crippen LogP contribution in [0.15, 0.2) is 36.4 Å². The second-order valence-electron chi connectivity index (χ2n) is 6.89. The molecule has 0 spiro atoms. The molecule has 0 saturated carbocycles. The van der Waals surface area contributed by atoms with E-state index in [-0.39, 0.29) is 11.8 Å². The lowest BCUT2D eigenvalue weighted by molar-refractivity contribution is -0.143. The minimum Gasteiger partial charge on any atom is -0.466 e. The molecule has 3 nitrogen and oxygen atoms in total. The zero-order chi connectivity index (χ0) is 18.5. The summed E-state index contributed by atoms with van der Waals surface area (Å²) >= 11 is 0. The Balaban J connectivity index is 1.75. The third kappa shape index (κ3) is 4.43. The Morgan fingerprint density at radius 2 is 2.04 bits per heavy atom. The summed E-state index contributed by atoms with van der Waals surface area (Å²) in [5.74, 6) is -0.311. The average molecular weight is 355 g/mol. The molecule has 1 aliphatic rings. The number of carbonyl (C=O) groups is 1. The zero-order valence-electron chi connectivity index (χ0n) is 15.6. The van der Waals surface area contributed by atoms with Gasteiger partial charge in [0.1, 0.15) is 5.82 Å². The number of anilines is 1. The number of halogens is 1. The van der Waals surface area contributed by atoms with Crippen molar-refractivity contribution in [3.8, 4) is 0 Å². The summed E-state index contributed by atoms with van der Waals surface area (Å²) in [5.41, 5.74) is 5.46. The predicted molar refractivity (Wildman–Crippen MR) is 102 cm³/mol. The summed E-state index contributed by atoms with van der Waals surface area (Å²) in [5, 5.41) is 0. The van der Waals surface area contributed by atoms with Gasteiger partial charge < -0.3 is 9.64 Å². The Kier molecular flexibility index (Phi) is 5.92. The number of benzene rings is 2. The van der Waals surface area contributed by atoms with Crippen LogP contribution in [0, 0.1) is 12.7 Å². The lowest BCUT2D eigenvalue weighted by atomic mass is 9.99. The molecule has 0 amide bonds. The Bertz CT molecular complexity index is 788. The Hall–Kier alpha value is -2.36. The highest BCUT2D eigenvalue weighted by Gasteiger charge is 2.18. The van der Waals surface area contributed by atoms with Crippen molar-refractivity contribution in [2.45, 2.75) is 46.1 Å². The first-order chi connectivity index (χ1) is 12.6. The van der Waals surface area contributed by atoms with Crippen molar-refractivity contribution in [3.63, 3.8) is 0 Å². The van der Waals surface area contributed by atoms with Gasteiger partial charge in [-0.15, -0.1) is 0 Å². The third-order valence-electron chi connectivity index (χ3n) is 4.87. The van der Waals surface area contributed by atoms with Crippen LogP contribution in [0.1, 0.15) is 42.0 Å². The van der Waals surface area contributed by atoms with E-state index < -0.39 is 0 Å². The smallest absolute Gasteiger partial charge is 0.306 e. The standard InChI is InChI=1S/C22H26FNO2/c1-3-26-22(25)11-8-17-7-9-19-15-24(12-4-5-18(19)14-17)21-13-16(2)6-10-20(21)23/h6-7,9-10,13-14H,3-5,8,11-12,15H2,1-2H3. The normalized spacial score (nSPS) is 13.9. The van der Waals surface area contributed by atoms with Gasteiger partial charge in [0.15, 0.2) is 0 Å². The summed E-state index contributed by atoms with van der Waals surface area (Å²) < 4.78 is 19.3. The summed E-state index contributed by atoms with van der Waals surface area (Å²) in [6.07, 6.45) is 3.07. The number of ether oxygens (including phenoxy) is 1. The number of carbonyl (C=O) groups excluding carboxylic acids is 1. The molecule has 26 heavy (non-hydrogen) atoms. The maximum Gasteiger partial charge on any atom is 0.306 e. The van der Waals surface area contributed by atoms with Gasteiger partial charge >= 0.3 is 5.97 Å². The van der Waals surface area contributed by atoms with Crippen LogP contribution in [0.5, 0.6) is 0 Å². The summed E-state index contributed by atoms with van der Waals surface area (Å²) in [4.78, 5) is 13.7. The fourth-order valence-corrected chi connectivity index (χ4v) is 3.52. The molecule has 138 valence electrons. The number of rotatable bonds is 5. The fraction of sp³-hybridized carbons (Fsp3) is 0.409. The summed E-state index contributed by atoms with van der Waals surface area (Å²) in [6.45, 7) is 5.79. The van der Waals surface area contributed by atoms with Gasteiger partial charge in [0.2, 0.25) is 0 Å². The molecular weight excluding hydrogens is 329 g/mol. The molecule has 0 unspecified atom stereocenters. The minimum absolute atomic E-state index is 0.149. The van der Waals surface area contributed by atoms with Crippen LogP contribution < -0.4 is 4.90 Å². The van der Waals surface area contributed by atoms with Crippen molar-refractivity contribution in [1.82, 2.24) is 0 Å². The van der Waals surface area contributed by atoms with Crippen molar-refractivity contribution in [3.05, 3.63) is 64.5 Å². The van der Waals surface area contributed by atoms with Gasteiger partial charge in [-0.3, -0.25) is 4.79 Å². The van der Waals surface area contributed by atoms with Crippen LogP contribution >= 0.6 is 0 Å². The summed E-state index contributed by atoms with van der Waals surface area (Å²) in [6, 6.07) is 11.7. The van der Waals surface area contributed by atoms with Crippen LogP contribution in [-0.4, -0.2) is 19.1 Å². The first-order valence-electron chi connectivity index (χ1n) is 9.34. The lowest BCUT2D eigenvalue weighted by Crippen LogP contribution is -2.23. The molecule has 0 radical (unpaired) electrons. The zero-order valence-corrected chi connectivity index (χ0v) is 15.6. The number of hydrogen-bond donors (Lipinski definition) is 0. The molecule has 0 aromatic heterocycles. The molecule has 0 bridgehead atoms. The average Bonchev–Trinajstić information content (AvgIpc) is 2.84. The van der Waals surface area contributed by atoms with Crippen LogP contribution in [0.2, 0.25) is 0 Å². The molecule has 3 rings (SSSR count). The molecule has 0 saturated heterocycles. The number of hydrogen-bond acceptors (Lipinski definition) is 3. The van der Waals surface area contributed by atoms with Gasteiger partial charge in [-0.2, -0.15) is 0 Å². The Morgan fingerprint density at radius 3 is 2.85 bits per heavy atom. The predicted octanol–water partition coefficient (Wildman–Crippen LogP) is 4.58. The van der Waals surface area contributed by atoms with Crippen molar-refractivity contribution in [2.75, 3.05) is 18.1 Å². The highest BCUT2D eigenvalue weighted by molar-refractivity contribution is 5.69. The van der Waals surface area contributed by atoms with Gasteiger partial charge in [0.25, 0.3) is 0 Å². The van der Waals surface area contributed by atoms with E-state index in [0.29, 0.717) is 31.7 Å². The molecule has 1 aliphatic heterocycles. The Morgan fingerprint density at radius 1 is 1.19 bits per heavy atom. The Labute approximate surface area is 154 Å². The molecule has 2 aromatic rings. The first kappa shape index (κ1) is 18.4. The maximum absolute atomic E-state index is 14.3. The van der Waals surface area contributed by atoms with Crippen molar-refractivity contribution in [2.24, 2.45) is 0 Å². The van der Waals surface area contributed by atoms with Gasteiger partial charge in [-0.05, 0) is 67.5 Å². The molecule has 0 aliphatic carbocycles. The number of nitrogens with zero attached hydrogens (tertiary/aromatic N) is 1. The van der Waals surface area contributed by atoms with Gasteiger partial charge in [0.05, 0.1) is 12.3 Å². The first-order valence-corrected chi connectivity index (χ1v) is 9.34. The quantitative estimate of drug-likeness (QED) is 0.735. The molecule has 4 heteroatoms. The molecule has 1 heterocycles. The molecule has 2 aromatic carbocycles. The topological polar surface area (TPSA) is 29.5 Å². The highest BCUT2D eigenvalue weighted by atomic mass is 19.1. The molecular formula is C22H26FNO2. The van der Waals surface area contributed by atoms with E-state index in [4.69, 9.17) is 4.74 Å². The number of aryl methyl sites for hydroxylation is 3. The largest absolute Gasteiger partial charge is 0.466 e. The third-order valence-corrected chi connectivity index (χ3v) is 4.87. The van der Waals surface area contributed by atoms with Crippen LogP contribution in [0.4, 0.5) is 10.1 Å². The second kappa shape index (κ2) is 8.35. The van der Waals surface area contributed by atoms with E-state index in [1.54, 1.807) is 12.1 Å². The van der Waals surface area contributed by atoms with Crippen LogP contribution in [-0.2, 0) is 28.9 Å². The van der Waals surface area contributed by atoms with Crippen molar-refractivity contribution < 1.29 is 13.9 Å². The van der Waals surface area contributed by atoms with Crippen LogP contribution in [0.25, 0.3) is 0 Å². The SMILES string of the molecule is CCOC(=O)CCc1ccc2c(c1)CCCN(c1cc(C)ccc1F)C2. The lowest BCUT2D eigenvalue weighted by Gasteiger charge is -2.24. The molecule has 0 fully saturated rings.